The first-order valence-electron chi connectivity index (χ1n) is 6.33. The summed E-state index contributed by atoms with van der Waals surface area (Å²) >= 11 is 0. The Kier molecular flexibility index (Phi) is 5.84. The van der Waals surface area contributed by atoms with Crippen molar-refractivity contribution < 1.29 is 59.3 Å². The molecule has 0 aromatic carbocycles. The van der Waals surface area contributed by atoms with E-state index in [1.807, 2.05) is 0 Å². The number of hydrogen-bond donors (Lipinski definition) is 6. The van der Waals surface area contributed by atoms with E-state index in [0.717, 1.165) is 0 Å². The molecule has 134 valence electrons. The van der Waals surface area contributed by atoms with Gasteiger partial charge in [0.15, 0.2) is 11.7 Å². The molecular weight excluding hydrogens is 336 g/mol. The quantitative estimate of drug-likeness (QED) is 0.246. The lowest BCUT2D eigenvalue weighted by molar-refractivity contribution is -0.171. The van der Waals surface area contributed by atoms with E-state index in [4.69, 9.17) is 15.3 Å². The van der Waals surface area contributed by atoms with Crippen molar-refractivity contribution in [1.29, 1.82) is 0 Å². The van der Waals surface area contributed by atoms with Gasteiger partial charge < -0.3 is 40.1 Å². The molecule has 0 radical (unpaired) electrons. The van der Waals surface area contributed by atoms with Gasteiger partial charge in [-0.15, -0.1) is 0 Å². The third-order valence-electron chi connectivity index (χ3n) is 2.96. The van der Waals surface area contributed by atoms with E-state index in [-0.39, 0.29) is 0 Å². The van der Waals surface area contributed by atoms with E-state index < -0.39 is 72.7 Å². The van der Waals surface area contributed by atoms with Crippen LogP contribution >= 0.6 is 0 Å². The van der Waals surface area contributed by atoms with Crippen molar-refractivity contribution in [2.24, 2.45) is 0 Å². The third-order valence-corrected chi connectivity index (χ3v) is 2.96. The van der Waals surface area contributed by atoms with Gasteiger partial charge in [0.1, 0.15) is 6.10 Å². The highest BCUT2D eigenvalue weighted by Crippen LogP contribution is 2.26. The number of rotatable bonds is 8. The summed E-state index contributed by atoms with van der Waals surface area (Å²) in [5, 5.41) is 54.8. The van der Waals surface area contributed by atoms with Gasteiger partial charge in [-0.25, -0.2) is 9.59 Å². The van der Waals surface area contributed by atoms with E-state index in [1.54, 1.807) is 0 Å². The van der Waals surface area contributed by atoms with Crippen molar-refractivity contribution in [2.45, 2.75) is 30.7 Å². The van der Waals surface area contributed by atoms with Gasteiger partial charge in [0.25, 0.3) is 0 Å². The fraction of sp³-hybridized carbons (Fsp3) is 0.500. The number of hydrogen-bond acceptors (Lipinski definition) is 10. The standard InChI is InChI=1S/C12H14O12/c13-3-4(14)8-9(7(18)10(19)24-8)23-6(17)2-12(22,11(20)21)1-5(15)16/h4,8,13-14,18,22H,1-3H2,(H,15,16)(H,20,21)/t4-,8+,12?/m0/s1. The number of carbonyl (C=O) groups is 4. The molecule has 0 bridgehead atoms. The van der Waals surface area contributed by atoms with Gasteiger partial charge in [-0.3, -0.25) is 9.59 Å². The van der Waals surface area contributed by atoms with E-state index in [2.05, 4.69) is 9.47 Å². The van der Waals surface area contributed by atoms with Crippen molar-refractivity contribution in [3.8, 4) is 0 Å². The van der Waals surface area contributed by atoms with Crippen LogP contribution in [0.4, 0.5) is 0 Å². The summed E-state index contributed by atoms with van der Waals surface area (Å²) in [4.78, 5) is 44.4. The van der Waals surface area contributed by atoms with Crippen LogP contribution in [0, 0.1) is 0 Å². The first kappa shape index (κ1) is 19.3. The van der Waals surface area contributed by atoms with Crippen LogP contribution < -0.4 is 0 Å². The molecule has 1 heterocycles. The molecule has 0 aromatic heterocycles. The maximum absolute atomic E-state index is 11.7. The number of carbonyl (C=O) groups excluding carboxylic acids is 2. The highest BCUT2D eigenvalue weighted by molar-refractivity contribution is 5.91. The van der Waals surface area contributed by atoms with Gasteiger partial charge in [0.2, 0.25) is 11.5 Å². The normalized spacial score (nSPS) is 21.0. The molecule has 12 heteroatoms. The third kappa shape index (κ3) is 4.18. The van der Waals surface area contributed by atoms with Crippen LogP contribution in [0.25, 0.3) is 0 Å². The van der Waals surface area contributed by atoms with Crippen LogP contribution in [0.15, 0.2) is 11.5 Å². The lowest BCUT2D eigenvalue weighted by atomic mass is 9.96. The molecule has 0 aromatic rings. The fourth-order valence-corrected chi connectivity index (χ4v) is 1.78. The van der Waals surface area contributed by atoms with Crippen LogP contribution in [0.3, 0.4) is 0 Å². The second kappa shape index (κ2) is 7.25. The van der Waals surface area contributed by atoms with Crippen LogP contribution in [0.5, 0.6) is 0 Å². The minimum atomic E-state index is -2.99. The molecule has 0 saturated heterocycles. The van der Waals surface area contributed by atoms with Crippen LogP contribution in [-0.4, -0.2) is 78.9 Å². The molecule has 6 N–H and O–H groups in total. The first-order chi connectivity index (χ1) is 11.0. The van der Waals surface area contributed by atoms with Gasteiger partial charge in [-0.05, 0) is 0 Å². The summed E-state index contributed by atoms with van der Waals surface area (Å²) in [5.74, 6) is -8.69. The monoisotopic (exact) mass is 350 g/mol. The molecule has 0 spiro atoms. The van der Waals surface area contributed by atoms with Crippen molar-refractivity contribution in [1.82, 2.24) is 0 Å². The Morgan fingerprint density at radius 1 is 1.25 bits per heavy atom. The van der Waals surface area contributed by atoms with Gasteiger partial charge in [-0.1, -0.05) is 0 Å². The Bertz CT molecular complexity index is 593. The molecule has 0 amide bonds. The maximum Gasteiger partial charge on any atom is 0.378 e. The predicted octanol–water partition coefficient (Wildman–Crippen LogP) is -2.74. The molecule has 12 nitrogen and oxygen atoms in total. The molecule has 1 rings (SSSR count). The summed E-state index contributed by atoms with van der Waals surface area (Å²) in [5.41, 5.74) is -2.99. The summed E-state index contributed by atoms with van der Waals surface area (Å²) in [6.07, 6.45) is -6.13. The maximum atomic E-state index is 11.7. The zero-order valence-electron chi connectivity index (χ0n) is 11.9. The van der Waals surface area contributed by atoms with E-state index >= 15 is 0 Å². The van der Waals surface area contributed by atoms with Gasteiger partial charge in [0, 0.05) is 0 Å². The van der Waals surface area contributed by atoms with E-state index in [9.17, 15) is 34.5 Å². The van der Waals surface area contributed by atoms with Gasteiger partial charge in [0.05, 0.1) is 19.4 Å². The number of aliphatic hydroxyl groups is 4. The van der Waals surface area contributed by atoms with E-state index in [1.165, 1.54) is 0 Å². The number of cyclic esters (lactones) is 1. The Morgan fingerprint density at radius 2 is 1.83 bits per heavy atom. The molecule has 0 aliphatic carbocycles. The van der Waals surface area contributed by atoms with Crippen molar-refractivity contribution in [3.63, 3.8) is 0 Å². The first-order valence-corrected chi connectivity index (χ1v) is 6.33. The second-order valence-electron chi connectivity index (χ2n) is 4.85. The molecule has 0 fully saturated rings. The molecule has 1 aliphatic heterocycles. The lowest BCUT2D eigenvalue weighted by Crippen LogP contribution is -2.43. The lowest BCUT2D eigenvalue weighted by Gasteiger charge is -2.21. The summed E-state index contributed by atoms with van der Waals surface area (Å²) in [6, 6.07) is 0. The van der Waals surface area contributed by atoms with Crippen molar-refractivity contribution in [2.75, 3.05) is 6.61 Å². The summed E-state index contributed by atoms with van der Waals surface area (Å²) in [7, 11) is 0. The number of ether oxygens (including phenoxy) is 2. The average molecular weight is 350 g/mol. The van der Waals surface area contributed by atoms with Crippen LogP contribution in [-0.2, 0) is 28.7 Å². The van der Waals surface area contributed by atoms with Crippen LogP contribution in [0.2, 0.25) is 0 Å². The number of carboxylic acid groups (broad SMARTS) is 2. The Morgan fingerprint density at radius 3 is 2.29 bits per heavy atom. The number of aliphatic hydroxyl groups excluding tert-OH is 3. The largest absolute Gasteiger partial charge is 0.499 e. The number of carboxylic acids is 2. The highest BCUT2D eigenvalue weighted by atomic mass is 16.6. The fourth-order valence-electron chi connectivity index (χ4n) is 1.78. The molecule has 3 atom stereocenters. The Hall–Kier alpha value is -2.70. The predicted molar refractivity (Wildman–Crippen MR) is 68.2 cm³/mol. The van der Waals surface area contributed by atoms with Crippen LogP contribution in [0.1, 0.15) is 12.8 Å². The molecule has 1 unspecified atom stereocenters. The number of esters is 2. The molecular formula is C12H14O12. The molecule has 0 saturated carbocycles. The zero-order chi connectivity index (χ0) is 18.7. The Labute approximate surface area is 133 Å². The topological polar surface area (TPSA) is 208 Å². The smallest absolute Gasteiger partial charge is 0.378 e. The minimum absolute atomic E-state index is 0.894. The molecule has 24 heavy (non-hydrogen) atoms. The highest BCUT2D eigenvalue weighted by Gasteiger charge is 2.45. The average Bonchev–Trinajstić information content (AvgIpc) is 2.73. The minimum Gasteiger partial charge on any atom is -0.499 e. The summed E-state index contributed by atoms with van der Waals surface area (Å²) in [6.45, 7) is -0.926. The number of aliphatic carboxylic acids is 2. The van der Waals surface area contributed by atoms with Crippen molar-refractivity contribution >= 4 is 23.9 Å². The zero-order valence-corrected chi connectivity index (χ0v) is 11.9. The van der Waals surface area contributed by atoms with Gasteiger partial charge in [-0.2, -0.15) is 0 Å². The SMILES string of the molecule is O=C(O)CC(O)(CC(=O)OC1=C(O)C(=O)O[C@@H]1[C@@H](O)CO)C(=O)O. The van der Waals surface area contributed by atoms with Crippen molar-refractivity contribution in [3.05, 3.63) is 11.5 Å². The summed E-state index contributed by atoms with van der Waals surface area (Å²) < 4.78 is 8.97. The molecule has 1 aliphatic rings. The Balaban J connectivity index is 2.94. The second-order valence-corrected chi connectivity index (χ2v) is 4.85. The van der Waals surface area contributed by atoms with E-state index in [0.29, 0.717) is 0 Å². The van der Waals surface area contributed by atoms with Gasteiger partial charge >= 0.3 is 23.9 Å².